The van der Waals surface area contributed by atoms with Crippen LogP contribution in [-0.2, 0) is 17.8 Å². The van der Waals surface area contributed by atoms with Crippen LogP contribution in [0.3, 0.4) is 0 Å². The zero-order valence-electron chi connectivity index (χ0n) is 15.2. The predicted octanol–water partition coefficient (Wildman–Crippen LogP) is 3.50. The van der Waals surface area contributed by atoms with E-state index in [9.17, 15) is 14.0 Å². The first-order valence-electron chi connectivity index (χ1n) is 8.60. The Bertz CT molecular complexity index is 1040. The van der Waals surface area contributed by atoms with Crippen molar-refractivity contribution >= 4 is 16.9 Å². The van der Waals surface area contributed by atoms with Gasteiger partial charge in [-0.3, -0.25) is 4.79 Å². The van der Waals surface area contributed by atoms with Crippen LogP contribution in [0, 0.1) is 12.7 Å². The molecule has 1 amide bonds. The highest BCUT2D eigenvalue weighted by Gasteiger charge is 2.14. The summed E-state index contributed by atoms with van der Waals surface area (Å²) in [6, 6.07) is 11.6. The van der Waals surface area contributed by atoms with E-state index in [1.807, 2.05) is 13.0 Å². The molecule has 5 nitrogen and oxygen atoms in total. The van der Waals surface area contributed by atoms with E-state index in [2.05, 4.69) is 5.32 Å². The normalized spacial score (nSPS) is 10.8. The van der Waals surface area contributed by atoms with Crippen LogP contribution < -0.4 is 15.7 Å². The van der Waals surface area contributed by atoms with E-state index >= 15 is 0 Å². The number of fused-ring (bicyclic) bond motifs is 1. The van der Waals surface area contributed by atoms with E-state index in [0.29, 0.717) is 22.5 Å². The highest BCUT2D eigenvalue weighted by atomic mass is 19.1. The number of halogens is 1. The number of benzene rings is 2. The molecule has 0 aliphatic carbocycles. The third kappa shape index (κ3) is 4.16. The Hall–Kier alpha value is -3.15. The number of aryl methyl sites for hydroxylation is 1. The average Bonchev–Trinajstić information content (AvgIpc) is 2.66. The summed E-state index contributed by atoms with van der Waals surface area (Å²) < 4.78 is 24.1. The number of carbonyl (C=O) groups is 1. The number of hydrogen-bond acceptors (Lipinski definition) is 4. The first-order chi connectivity index (χ1) is 13.0. The largest absolute Gasteiger partial charge is 0.497 e. The van der Waals surface area contributed by atoms with Crippen molar-refractivity contribution in [2.45, 2.75) is 26.3 Å². The van der Waals surface area contributed by atoms with Crippen molar-refractivity contribution in [3.05, 3.63) is 75.4 Å². The molecule has 0 fully saturated rings. The lowest BCUT2D eigenvalue weighted by Crippen LogP contribution is -2.24. The Morgan fingerprint density at radius 3 is 2.74 bits per heavy atom. The molecule has 0 saturated heterocycles. The number of methoxy groups -OCH3 is 1. The molecule has 0 spiro atoms. The number of amides is 1. The first kappa shape index (κ1) is 18.6. The lowest BCUT2D eigenvalue weighted by molar-refractivity contribution is -0.121. The molecule has 0 aliphatic heterocycles. The summed E-state index contributed by atoms with van der Waals surface area (Å²) in [6.45, 7) is 1.94. The van der Waals surface area contributed by atoms with Crippen LogP contribution >= 0.6 is 0 Å². The van der Waals surface area contributed by atoms with E-state index in [1.165, 1.54) is 6.07 Å². The van der Waals surface area contributed by atoms with Crippen LogP contribution in [0.15, 0.2) is 51.7 Å². The molecular formula is C21H20FNO4. The Balaban J connectivity index is 1.70. The molecule has 2 aromatic carbocycles. The van der Waals surface area contributed by atoms with Crippen LogP contribution in [0.1, 0.15) is 23.1 Å². The van der Waals surface area contributed by atoms with E-state index < -0.39 is 5.63 Å². The molecule has 1 heterocycles. The summed E-state index contributed by atoms with van der Waals surface area (Å²) in [5.74, 6) is -0.0172. The lowest BCUT2D eigenvalue weighted by Gasteiger charge is -2.09. The van der Waals surface area contributed by atoms with Gasteiger partial charge in [-0.05, 0) is 37.1 Å². The number of carbonyl (C=O) groups excluding carboxylic acids is 1. The molecule has 3 rings (SSSR count). The molecule has 1 N–H and O–H groups in total. The summed E-state index contributed by atoms with van der Waals surface area (Å²) >= 11 is 0. The highest BCUT2D eigenvalue weighted by molar-refractivity contribution is 5.82. The van der Waals surface area contributed by atoms with Crippen molar-refractivity contribution in [2.75, 3.05) is 7.11 Å². The van der Waals surface area contributed by atoms with Gasteiger partial charge >= 0.3 is 5.63 Å². The molecule has 140 valence electrons. The van der Waals surface area contributed by atoms with Crippen molar-refractivity contribution in [1.29, 1.82) is 0 Å². The fraction of sp³-hybridized carbons (Fsp3) is 0.238. The van der Waals surface area contributed by atoms with Crippen LogP contribution in [0.5, 0.6) is 5.75 Å². The van der Waals surface area contributed by atoms with Gasteiger partial charge in [0.05, 0.1) is 7.11 Å². The molecule has 0 radical (unpaired) electrons. The molecule has 6 heteroatoms. The fourth-order valence-electron chi connectivity index (χ4n) is 2.95. The SMILES string of the molecule is COc1ccc2c(C)c(CCC(=O)NCc3ccccc3F)c(=O)oc2c1. The molecule has 3 aromatic rings. The number of hydrogen-bond donors (Lipinski definition) is 1. The van der Waals surface area contributed by atoms with Gasteiger partial charge in [0.25, 0.3) is 0 Å². The number of rotatable bonds is 6. The maximum absolute atomic E-state index is 13.6. The van der Waals surface area contributed by atoms with E-state index in [0.717, 1.165) is 10.9 Å². The van der Waals surface area contributed by atoms with Gasteiger partial charge in [0.15, 0.2) is 0 Å². The molecule has 1 aromatic heterocycles. The Kier molecular flexibility index (Phi) is 5.54. The molecule has 0 saturated carbocycles. The second-order valence-electron chi connectivity index (χ2n) is 6.22. The Morgan fingerprint density at radius 2 is 2.00 bits per heavy atom. The molecular weight excluding hydrogens is 349 g/mol. The van der Waals surface area contributed by atoms with Gasteiger partial charge in [0, 0.05) is 35.5 Å². The van der Waals surface area contributed by atoms with Crippen molar-refractivity contribution in [3.63, 3.8) is 0 Å². The minimum Gasteiger partial charge on any atom is -0.497 e. The third-order valence-electron chi connectivity index (χ3n) is 4.53. The molecule has 27 heavy (non-hydrogen) atoms. The van der Waals surface area contributed by atoms with Gasteiger partial charge in [-0.1, -0.05) is 18.2 Å². The van der Waals surface area contributed by atoms with Crippen LogP contribution in [0.2, 0.25) is 0 Å². The minimum atomic E-state index is -0.463. The summed E-state index contributed by atoms with van der Waals surface area (Å²) in [4.78, 5) is 24.4. The minimum absolute atomic E-state index is 0.108. The summed E-state index contributed by atoms with van der Waals surface area (Å²) in [5, 5.41) is 3.48. The van der Waals surface area contributed by atoms with Crippen LogP contribution in [-0.4, -0.2) is 13.0 Å². The van der Waals surface area contributed by atoms with Gasteiger partial charge in [-0.15, -0.1) is 0 Å². The van der Waals surface area contributed by atoms with Gasteiger partial charge in [-0.2, -0.15) is 0 Å². The van der Waals surface area contributed by atoms with Crippen molar-refractivity contribution in [2.24, 2.45) is 0 Å². The standard InChI is InChI=1S/C21H20FNO4/c1-13-16-8-7-15(26-2)11-19(16)27-21(25)17(13)9-10-20(24)23-12-14-5-3-4-6-18(14)22/h3-8,11H,9-10,12H2,1-2H3,(H,23,24). The maximum atomic E-state index is 13.6. The summed E-state index contributed by atoms with van der Waals surface area (Å²) in [6.07, 6.45) is 0.362. The fourth-order valence-corrected chi connectivity index (χ4v) is 2.95. The van der Waals surface area contributed by atoms with E-state index in [1.54, 1.807) is 37.4 Å². The molecule has 0 unspecified atom stereocenters. The van der Waals surface area contributed by atoms with Crippen LogP contribution in [0.25, 0.3) is 11.0 Å². The lowest BCUT2D eigenvalue weighted by atomic mass is 10.0. The number of nitrogens with one attached hydrogen (secondary N) is 1. The monoisotopic (exact) mass is 369 g/mol. The summed E-state index contributed by atoms with van der Waals surface area (Å²) in [5.41, 5.74) is 1.65. The predicted molar refractivity (Wildman–Crippen MR) is 100 cm³/mol. The van der Waals surface area contributed by atoms with Crippen molar-refractivity contribution in [3.8, 4) is 5.75 Å². The molecule has 0 aliphatic rings. The maximum Gasteiger partial charge on any atom is 0.339 e. The van der Waals surface area contributed by atoms with Gasteiger partial charge in [0.1, 0.15) is 17.1 Å². The zero-order chi connectivity index (χ0) is 19.4. The quantitative estimate of drug-likeness (QED) is 0.675. The van der Waals surface area contributed by atoms with Crippen LogP contribution in [0.4, 0.5) is 4.39 Å². The summed E-state index contributed by atoms with van der Waals surface area (Å²) in [7, 11) is 1.54. The van der Waals surface area contributed by atoms with Crippen molar-refractivity contribution in [1.82, 2.24) is 5.32 Å². The first-order valence-corrected chi connectivity index (χ1v) is 8.60. The Labute approximate surface area is 155 Å². The Morgan fingerprint density at radius 1 is 1.22 bits per heavy atom. The average molecular weight is 369 g/mol. The third-order valence-corrected chi connectivity index (χ3v) is 4.53. The highest BCUT2D eigenvalue weighted by Crippen LogP contribution is 2.24. The van der Waals surface area contributed by atoms with E-state index in [-0.39, 0.29) is 31.1 Å². The smallest absolute Gasteiger partial charge is 0.339 e. The molecule has 0 atom stereocenters. The van der Waals surface area contributed by atoms with Gasteiger partial charge < -0.3 is 14.5 Å². The van der Waals surface area contributed by atoms with Gasteiger partial charge in [0.2, 0.25) is 5.91 Å². The zero-order valence-corrected chi connectivity index (χ0v) is 15.2. The second-order valence-corrected chi connectivity index (χ2v) is 6.22. The van der Waals surface area contributed by atoms with Crippen molar-refractivity contribution < 1.29 is 18.3 Å². The topological polar surface area (TPSA) is 68.5 Å². The van der Waals surface area contributed by atoms with Gasteiger partial charge in [-0.25, -0.2) is 9.18 Å². The number of ether oxygens (including phenoxy) is 1. The van der Waals surface area contributed by atoms with E-state index in [4.69, 9.17) is 9.15 Å². The molecule has 0 bridgehead atoms. The second kappa shape index (κ2) is 8.03.